The second-order valence-corrected chi connectivity index (χ2v) is 8.39. The molecular formula is C16H24O4S. The summed E-state index contributed by atoms with van der Waals surface area (Å²) in [6.07, 6.45) is 3.53. The number of aryl methyl sites for hydroxylation is 1. The highest BCUT2D eigenvalue weighted by molar-refractivity contribution is 7.91. The number of benzene rings is 1. The van der Waals surface area contributed by atoms with Crippen LogP contribution in [-0.4, -0.2) is 32.1 Å². The van der Waals surface area contributed by atoms with Crippen molar-refractivity contribution in [1.29, 1.82) is 0 Å². The first-order valence-electron chi connectivity index (χ1n) is 7.34. The van der Waals surface area contributed by atoms with Crippen molar-refractivity contribution in [3.63, 3.8) is 0 Å². The summed E-state index contributed by atoms with van der Waals surface area (Å²) in [5.41, 5.74) is 1.82. The normalized spacial score (nSPS) is 24.6. The SMILES string of the molecule is COc1ccc(C)cc1C(O)C1CCCC(S(C)(=O)=O)C1. The van der Waals surface area contributed by atoms with E-state index in [1.54, 1.807) is 7.11 Å². The van der Waals surface area contributed by atoms with Crippen LogP contribution in [0.3, 0.4) is 0 Å². The maximum atomic E-state index is 11.8. The zero-order valence-electron chi connectivity index (χ0n) is 12.9. The van der Waals surface area contributed by atoms with Crippen LogP contribution in [0.15, 0.2) is 18.2 Å². The van der Waals surface area contributed by atoms with Crippen molar-refractivity contribution in [1.82, 2.24) is 0 Å². The number of methoxy groups -OCH3 is 1. The lowest BCUT2D eigenvalue weighted by molar-refractivity contribution is 0.0833. The molecule has 0 amide bonds. The molecule has 0 radical (unpaired) electrons. The Morgan fingerprint density at radius 1 is 1.33 bits per heavy atom. The highest BCUT2D eigenvalue weighted by Crippen LogP contribution is 2.39. The van der Waals surface area contributed by atoms with Crippen molar-refractivity contribution in [2.45, 2.75) is 44.0 Å². The zero-order valence-corrected chi connectivity index (χ0v) is 13.7. The Labute approximate surface area is 127 Å². The lowest BCUT2D eigenvalue weighted by Crippen LogP contribution is -2.30. The molecule has 2 rings (SSSR count). The van der Waals surface area contributed by atoms with Crippen LogP contribution in [0.4, 0.5) is 0 Å². The molecule has 21 heavy (non-hydrogen) atoms. The van der Waals surface area contributed by atoms with E-state index in [1.807, 2.05) is 25.1 Å². The third-order valence-corrected chi connectivity index (χ3v) is 6.06. The molecule has 1 aliphatic carbocycles. The topological polar surface area (TPSA) is 63.6 Å². The number of aliphatic hydroxyl groups excluding tert-OH is 1. The number of rotatable bonds is 4. The molecule has 0 bridgehead atoms. The average Bonchev–Trinajstić information content (AvgIpc) is 2.45. The van der Waals surface area contributed by atoms with Gasteiger partial charge < -0.3 is 9.84 Å². The standard InChI is InChI=1S/C16H24O4S/c1-11-7-8-15(20-2)14(9-11)16(17)12-5-4-6-13(10-12)21(3,18)19/h7-9,12-13,16-17H,4-6,10H2,1-3H3. The predicted octanol–water partition coefficient (Wildman–Crippen LogP) is 2.64. The van der Waals surface area contributed by atoms with E-state index in [1.165, 1.54) is 6.26 Å². The largest absolute Gasteiger partial charge is 0.496 e. The quantitative estimate of drug-likeness (QED) is 0.928. The van der Waals surface area contributed by atoms with Crippen molar-refractivity contribution < 1.29 is 18.3 Å². The minimum absolute atomic E-state index is 0.0332. The summed E-state index contributed by atoms with van der Waals surface area (Å²) < 4.78 is 28.9. The Kier molecular flexibility index (Phi) is 4.94. The van der Waals surface area contributed by atoms with Gasteiger partial charge in [-0.2, -0.15) is 0 Å². The second kappa shape index (κ2) is 6.36. The average molecular weight is 312 g/mol. The van der Waals surface area contributed by atoms with Gasteiger partial charge in [-0.05, 0) is 44.2 Å². The summed E-state index contributed by atoms with van der Waals surface area (Å²) in [7, 11) is -1.46. The molecule has 118 valence electrons. The maximum absolute atomic E-state index is 11.8. The molecule has 0 saturated heterocycles. The van der Waals surface area contributed by atoms with E-state index in [-0.39, 0.29) is 11.2 Å². The summed E-state index contributed by atoms with van der Waals surface area (Å²) in [6.45, 7) is 1.97. The van der Waals surface area contributed by atoms with Gasteiger partial charge in [0.25, 0.3) is 0 Å². The van der Waals surface area contributed by atoms with Crippen LogP contribution in [0.2, 0.25) is 0 Å². The van der Waals surface area contributed by atoms with Crippen LogP contribution in [0.25, 0.3) is 0 Å². The van der Waals surface area contributed by atoms with Crippen LogP contribution in [-0.2, 0) is 9.84 Å². The number of hydrogen-bond acceptors (Lipinski definition) is 4. The van der Waals surface area contributed by atoms with Gasteiger partial charge in [0, 0.05) is 11.8 Å². The van der Waals surface area contributed by atoms with E-state index in [2.05, 4.69) is 0 Å². The van der Waals surface area contributed by atoms with E-state index >= 15 is 0 Å². The Hall–Kier alpha value is -1.07. The first kappa shape index (κ1) is 16.3. The van der Waals surface area contributed by atoms with Crippen LogP contribution >= 0.6 is 0 Å². The van der Waals surface area contributed by atoms with Crippen molar-refractivity contribution >= 4 is 9.84 Å². The second-order valence-electron chi connectivity index (χ2n) is 6.07. The van der Waals surface area contributed by atoms with Gasteiger partial charge in [0.2, 0.25) is 0 Å². The van der Waals surface area contributed by atoms with Crippen LogP contribution in [0.5, 0.6) is 5.75 Å². The Morgan fingerprint density at radius 2 is 2.05 bits per heavy atom. The number of ether oxygens (including phenoxy) is 1. The number of aliphatic hydroxyl groups is 1. The molecule has 1 fully saturated rings. The van der Waals surface area contributed by atoms with Crippen LogP contribution in [0.1, 0.15) is 42.9 Å². The minimum atomic E-state index is -3.04. The van der Waals surface area contributed by atoms with Crippen molar-refractivity contribution in [2.24, 2.45) is 5.92 Å². The Morgan fingerprint density at radius 3 is 2.67 bits per heavy atom. The fourth-order valence-corrected chi connectivity index (χ4v) is 4.39. The van der Waals surface area contributed by atoms with E-state index in [9.17, 15) is 13.5 Å². The summed E-state index contributed by atoms with van der Waals surface area (Å²) in [6, 6.07) is 5.72. The molecule has 1 N–H and O–H groups in total. The van der Waals surface area contributed by atoms with Gasteiger partial charge in [0.1, 0.15) is 15.6 Å². The summed E-state index contributed by atoms with van der Waals surface area (Å²) in [5.74, 6) is 0.628. The molecule has 0 spiro atoms. The lowest BCUT2D eigenvalue weighted by Gasteiger charge is -2.32. The fourth-order valence-electron chi connectivity index (χ4n) is 3.20. The molecule has 0 aliphatic heterocycles. The highest BCUT2D eigenvalue weighted by atomic mass is 32.2. The first-order chi connectivity index (χ1) is 9.82. The lowest BCUT2D eigenvalue weighted by atomic mass is 9.82. The van der Waals surface area contributed by atoms with Crippen molar-refractivity contribution in [3.8, 4) is 5.75 Å². The van der Waals surface area contributed by atoms with Gasteiger partial charge in [0.15, 0.2) is 0 Å². The molecule has 1 aromatic carbocycles. The molecule has 5 heteroatoms. The fraction of sp³-hybridized carbons (Fsp3) is 0.625. The van der Waals surface area contributed by atoms with E-state index in [4.69, 9.17) is 4.74 Å². The van der Waals surface area contributed by atoms with E-state index in [0.717, 1.165) is 24.0 Å². The molecule has 0 aromatic heterocycles. The highest BCUT2D eigenvalue weighted by Gasteiger charge is 2.33. The summed E-state index contributed by atoms with van der Waals surface area (Å²) in [5, 5.41) is 10.4. The van der Waals surface area contributed by atoms with Gasteiger partial charge in [-0.3, -0.25) is 0 Å². The van der Waals surface area contributed by atoms with Crippen molar-refractivity contribution in [3.05, 3.63) is 29.3 Å². The molecule has 1 aromatic rings. The van der Waals surface area contributed by atoms with Crippen molar-refractivity contribution in [2.75, 3.05) is 13.4 Å². The summed E-state index contributed by atoms with van der Waals surface area (Å²) >= 11 is 0. The smallest absolute Gasteiger partial charge is 0.150 e. The molecule has 3 unspecified atom stereocenters. The van der Waals surface area contributed by atoms with Gasteiger partial charge in [-0.1, -0.05) is 18.1 Å². The molecular weight excluding hydrogens is 288 g/mol. The van der Waals surface area contributed by atoms with Gasteiger partial charge in [0.05, 0.1) is 18.5 Å². The minimum Gasteiger partial charge on any atom is -0.496 e. The molecule has 3 atom stereocenters. The van der Waals surface area contributed by atoms with Crippen LogP contribution in [0, 0.1) is 12.8 Å². The van der Waals surface area contributed by atoms with E-state index < -0.39 is 15.9 Å². The Bertz CT molecular complexity index is 594. The molecule has 1 aliphatic rings. The monoisotopic (exact) mass is 312 g/mol. The zero-order chi connectivity index (χ0) is 15.6. The van der Waals surface area contributed by atoms with Crippen LogP contribution < -0.4 is 4.74 Å². The maximum Gasteiger partial charge on any atom is 0.150 e. The third-order valence-electron chi connectivity index (χ3n) is 4.42. The Balaban J connectivity index is 2.23. The van der Waals surface area contributed by atoms with Gasteiger partial charge in [-0.15, -0.1) is 0 Å². The molecule has 1 saturated carbocycles. The van der Waals surface area contributed by atoms with E-state index in [0.29, 0.717) is 18.6 Å². The number of sulfone groups is 1. The third kappa shape index (κ3) is 3.77. The first-order valence-corrected chi connectivity index (χ1v) is 9.30. The van der Waals surface area contributed by atoms with Gasteiger partial charge >= 0.3 is 0 Å². The molecule has 0 heterocycles. The van der Waals surface area contributed by atoms with Gasteiger partial charge in [-0.25, -0.2) is 8.42 Å². The number of hydrogen-bond donors (Lipinski definition) is 1. The predicted molar refractivity (Wildman–Crippen MR) is 83.3 cm³/mol. The molecule has 4 nitrogen and oxygen atoms in total. The summed E-state index contributed by atoms with van der Waals surface area (Å²) in [4.78, 5) is 0.